The second kappa shape index (κ2) is 8.74. The average Bonchev–Trinajstić information content (AvgIpc) is 3.21. The van der Waals surface area contributed by atoms with Crippen LogP contribution in [0.5, 0.6) is 0 Å². The fourth-order valence-corrected chi connectivity index (χ4v) is 3.57. The van der Waals surface area contributed by atoms with Gasteiger partial charge in [0.1, 0.15) is 0 Å². The standard InChI is InChI=1S/C20H30N6/c1-17-9-12-25(15-19(17)26-14-10-22-16-26)20(21-2)23-11-13-24(3)18-7-5-4-6-8-18/h4-8,10,14,16-17,19H,9,11-13,15H2,1-3H3,(H,21,23). The number of likely N-dealkylation sites (tertiary alicyclic amines) is 1. The number of nitrogens with zero attached hydrogens (tertiary/aromatic N) is 5. The predicted molar refractivity (Wildman–Crippen MR) is 108 cm³/mol. The van der Waals surface area contributed by atoms with Gasteiger partial charge in [0.25, 0.3) is 0 Å². The van der Waals surface area contributed by atoms with Crippen molar-refractivity contribution in [3.63, 3.8) is 0 Å². The second-order valence-electron chi connectivity index (χ2n) is 7.02. The zero-order valence-electron chi connectivity index (χ0n) is 16.0. The van der Waals surface area contributed by atoms with Crippen LogP contribution in [0.3, 0.4) is 0 Å². The zero-order valence-corrected chi connectivity index (χ0v) is 16.0. The smallest absolute Gasteiger partial charge is 0.193 e. The Morgan fingerprint density at radius 1 is 1.35 bits per heavy atom. The van der Waals surface area contributed by atoms with E-state index in [1.807, 2.05) is 25.6 Å². The van der Waals surface area contributed by atoms with Crippen molar-refractivity contribution in [1.29, 1.82) is 0 Å². The number of nitrogens with one attached hydrogen (secondary N) is 1. The molecule has 1 aromatic heterocycles. The molecule has 140 valence electrons. The Labute approximate surface area is 156 Å². The number of anilines is 1. The minimum absolute atomic E-state index is 0.441. The van der Waals surface area contributed by atoms with Gasteiger partial charge in [0.15, 0.2) is 5.96 Å². The number of aromatic nitrogens is 2. The summed E-state index contributed by atoms with van der Waals surface area (Å²) in [4.78, 5) is 13.3. The number of imidazole rings is 1. The molecule has 6 nitrogen and oxygen atoms in total. The van der Waals surface area contributed by atoms with E-state index in [0.29, 0.717) is 12.0 Å². The summed E-state index contributed by atoms with van der Waals surface area (Å²) in [5.41, 5.74) is 1.23. The Morgan fingerprint density at radius 3 is 2.85 bits per heavy atom. The topological polar surface area (TPSA) is 48.7 Å². The van der Waals surface area contributed by atoms with Gasteiger partial charge in [-0.1, -0.05) is 25.1 Å². The van der Waals surface area contributed by atoms with E-state index in [2.05, 4.69) is 74.1 Å². The molecule has 0 saturated carbocycles. The summed E-state index contributed by atoms with van der Waals surface area (Å²) in [7, 11) is 3.99. The van der Waals surface area contributed by atoms with E-state index >= 15 is 0 Å². The van der Waals surface area contributed by atoms with Gasteiger partial charge in [-0.15, -0.1) is 0 Å². The number of benzene rings is 1. The molecule has 0 amide bonds. The number of rotatable bonds is 5. The maximum absolute atomic E-state index is 4.51. The molecule has 0 aliphatic carbocycles. The molecule has 0 radical (unpaired) electrons. The van der Waals surface area contributed by atoms with Gasteiger partial charge in [0.05, 0.1) is 12.4 Å². The summed E-state index contributed by atoms with van der Waals surface area (Å²) in [5.74, 6) is 1.63. The number of piperidine rings is 1. The lowest BCUT2D eigenvalue weighted by Gasteiger charge is -2.39. The second-order valence-corrected chi connectivity index (χ2v) is 7.02. The van der Waals surface area contributed by atoms with Gasteiger partial charge in [-0.3, -0.25) is 4.99 Å². The van der Waals surface area contributed by atoms with Crippen LogP contribution in [0.15, 0.2) is 54.0 Å². The maximum Gasteiger partial charge on any atom is 0.193 e. The Bertz CT molecular complexity index is 682. The van der Waals surface area contributed by atoms with Crippen molar-refractivity contribution in [2.75, 3.05) is 45.2 Å². The molecule has 2 unspecified atom stereocenters. The van der Waals surface area contributed by atoms with Crippen LogP contribution in [0.25, 0.3) is 0 Å². The third-order valence-electron chi connectivity index (χ3n) is 5.27. The fraction of sp³-hybridized carbons (Fsp3) is 0.500. The highest BCUT2D eigenvalue weighted by atomic mass is 15.3. The van der Waals surface area contributed by atoms with Crippen molar-refractivity contribution >= 4 is 11.6 Å². The lowest BCUT2D eigenvalue weighted by Crippen LogP contribution is -2.50. The summed E-state index contributed by atoms with van der Waals surface area (Å²) < 4.78 is 2.23. The molecule has 0 bridgehead atoms. The van der Waals surface area contributed by atoms with E-state index in [0.717, 1.165) is 38.6 Å². The molecule has 3 rings (SSSR count). The quantitative estimate of drug-likeness (QED) is 0.662. The number of likely N-dealkylation sites (N-methyl/N-ethyl adjacent to an activating group) is 1. The summed E-state index contributed by atoms with van der Waals surface area (Å²) in [6.45, 7) is 6.12. The molecule has 1 N–H and O–H groups in total. The SMILES string of the molecule is CN=C(NCCN(C)c1ccccc1)N1CCC(C)C(n2ccnc2)C1. The lowest BCUT2D eigenvalue weighted by atomic mass is 9.93. The Hall–Kier alpha value is -2.50. The monoisotopic (exact) mass is 354 g/mol. The Kier molecular flexibility index (Phi) is 6.15. The Morgan fingerprint density at radius 2 is 2.15 bits per heavy atom. The van der Waals surface area contributed by atoms with Crippen LogP contribution >= 0.6 is 0 Å². The summed E-state index contributed by atoms with van der Waals surface area (Å²) in [6, 6.07) is 10.9. The van der Waals surface area contributed by atoms with Crippen LogP contribution in [0.4, 0.5) is 5.69 Å². The molecule has 1 aliphatic rings. The molecule has 2 atom stereocenters. The van der Waals surface area contributed by atoms with Gasteiger partial charge in [0, 0.05) is 58.4 Å². The van der Waals surface area contributed by atoms with E-state index in [-0.39, 0.29) is 0 Å². The van der Waals surface area contributed by atoms with Crippen LogP contribution in [0.1, 0.15) is 19.4 Å². The summed E-state index contributed by atoms with van der Waals surface area (Å²) >= 11 is 0. The molecule has 0 spiro atoms. The molecule has 1 aliphatic heterocycles. The van der Waals surface area contributed by atoms with Crippen LogP contribution < -0.4 is 10.2 Å². The Balaban J connectivity index is 1.54. The van der Waals surface area contributed by atoms with E-state index < -0.39 is 0 Å². The molecule has 26 heavy (non-hydrogen) atoms. The number of guanidine groups is 1. The first-order valence-corrected chi connectivity index (χ1v) is 9.38. The molecular formula is C20H30N6. The fourth-order valence-electron chi connectivity index (χ4n) is 3.57. The van der Waals surface area contributed by atoms with Crippen molar-refractivity contribution in [1.82, 2.24) is 19.8 Å². The van der Waals surface area contributed by atoms with Crippen molar-refractivity contribution in [2.45, 2.75) is 19.4 Å². The number of aliphatic imine (C=N–C) groups is 1. The van der Waals surface area contributed by atoms with Gasteiger partial charge in [0.2, 0.25) is 0 Å². The highest BCUT2D eigenvalue weighted by molar-refractivity contribution is 5.80. The molecule has 2 heterocycles. The molecule has 1 aromatic carbocycles. The lowest BCUT2D eigenvalue weighted by molar-refractivity contribution is 0.189. The summed E-state index contributed by atoms with van der Waals surface area (Å²) in [5, 5.41) is 3.53. The number of hydrogen-bond donors (Lipinski definition) is 1. The molecule has 2 aromatic rings. The third-order valence-corrected chi connectivity index (χ3v) is 5.27. The van der Waals surface area contributed by atoms with Gasteiger partial charge in [-0.2, -0.15) is 0 Å². The van der Waals surface area contributed by atoms with Crippen molar-refractivity contribution in [2.24, 2.45) is 10.9 Å². The van der Waals surface area contributed by atoms with Gasteiger partial charge in [-0.25, -0.2) is 4.98 Å². The van der Waals surface area contributed by atoms with Gasteiger partial charge in [-0.05, 0) is 24.5 Å². The van der Waals surface area contributed by atoms with Crippen LogP contribution in [0, 0.1) is 5.92 Å². The number of hydrogen-bond acceptors (Lipinski definition) is 3. The van der Waals surface area contributed by atoms with Crippen LogP contribution in [0.2, 0.25) is 0 Å². The number of para-hydroxylation sites is 1. The summed E-state index contributed by atoms with van der Waals surface area (Å²) in [6.07, 6.45) is 7.01. The molecule has 1 saturated heterocycles. The first kappa shape index (κ1) is 18.3. The minimum Gasteiger partial charge on any atom is -0.373 e. The van der Waals surface area contributed by atoms with E-state index in [1.165, 1.54) is 5.69 Å². The molecular weight excluding hydrogens is 324 g/mol. The van der Waals surface area contributed by atoms with Gasteiger partial charge >= 0.3 is 0 Å². The predicted octanol–water partition coefficient (Wildman–Crippen LogP) is 2.48. The molecule has 6 heteroatoms. The minimum atomic E-state index is 0.441. The largest absolute Gasteiger partial charge is 0.373 e. The van der Waals surface area contributed by atoms with E-state index in [9.17, 15) is 0 Å². The average molecular weight is 355 g/mol. The highest BCUT2D eigenvalue weighted by Crippen LogP contribution is 2.27. The van der Waals surface area contributed by atoms with Crippen LogP contribution in [-0.4, -0.2) is 60.7 Å². The van der Waals surface area contributed by atoms with E-state index in [4.69, 9.17) is 0 Å². The van der Waals surface area contributed by atoms with Crippen LogP contribution in [-0.2, 0) is 0 Å². The first-order chi connectivity index (χ1) is 12.7. The van der Waals surface area contributed by atoms with Crippen molar-refractivity contribution in [3.05, 3.63) is 49.1 Å². The normalized spacial score (nSPS) is 20.9. The van der Waals surface area contributed by atoms with Crippen molar-refractivity contribution in [3.8, 4) is 0 Å². The first-order valence-electron chi connectivity index (χ1n) is 9.38. The highest BCUT2D eigenvalue weighted by Gasteiger charge is 2.28. The maximum atomic E-state index is 4.51. The van der Waals surface area contributed by atoms with E-state index in [1.54, 1.807) is 0 Å². The zero-order chi connectivity index (χ0) is 18.4. The third kappa shape index (κ3) is 4.36. The van der Waals surface area contributed by atoms with Crippen molar-refractivity contribution < 1.29 is 0 Å². The molecule has 1 fully saturated rings. The van der Waals surface area contributed by atoms with Gasteiger partial charge < -0.3 is 19.7 Å².